The molecule has 0 spiro atoms. The maximum absolute atomic E-state index is 12.6. The Kier molecular flexibility index (Phi) is 6.39. The van der Waals surface area contributed by atoms with Gasteiger partial charge in [0.1, 0.15) is 0 Å². The summed E-state index contributed by atoms with van der Waals surface area (Å²) in [5.41, 5.74) is 0.781. The molecule has 0 aromatic heterocycles. The van der Waals surface area contributed by atoms with Crippen LogP contribution in [0.3, 0.4) is 0 Å². The first-order valence-corrected chi connectivity index (χ1v) is 11.0. The standard InChI is InChI=1S/C20H23ClN2O3S/c21-18-11-4-5-12-19(18)23-27(25,26)17-10-6-9-16(14-17)22-20(24)13-15-7-2-1-3-8-15/h4-6,9-12,14-15,23H,1-3,7-8,13H2,(H,22,24). The van der Waals surface area contributed by atoms with Gasteiger partial charge in [0.05, 0.1) is 15.6 Å². The van der Waals surface area contributed by atoms with Gasteiger partial charge in [-0.3, -0.25) is 9.52 Å². The van der Waals surface area contributed by atoms with Crippen molar-refractivity contribution in [1.82, 2.24) is 0 Å². The van der Waals surface area contributed by atoms with Crippen molar-refractivity contribution in [2.24, 2.45) is 5.92 Å². The smallest absolute Gasteiger partial charge is 0.262 e. The largest absolute Gasteiger partial charge is 0.326 e. The molecule has 1 fully saturated rings. The molecule has 1 aliphatic carbocycles. The molecule has 0 radical (unpaired) electrons. The number of benzene rings is 2. The summed E-state index contributed by atoms with van der Waals surface area (Å²) in [4.78, 5) is 12.4. The van der Waals surface area contributed by atoms with Gasteiger partial charge in [-0.1, -0.05) is 49.1 Å². The summed E-state index contributed by atoms with van der Waals surface area (Å²) in [6.07, 6.45) is 6.26. The van der Waals surface area contributed by atoms with Crippen LogP contribution >= 0.6 is 11.6 Å². The highest BCUT2D eigenvalue weighted by molar-refractivity contribution is 7.92. The number of anilines is 2. The number of para-hydroxylation sites is 1. The molecule has 27 heavy (non-hydrogen) atoms. The van der Waals surface area contributed by atoms with Gasteiger partial charge < -0.3 is 5.32 Å². The second-order valence-corrected chi connectivity index (χ2v) is 8.96. The lowest BCUT2D eigenvalue weighted by Crippen LogP contribution is -2.19. The van der Waals surface area contributed by atoms with Crippen molar-refractivity contribution in [3.05, 3.63) is 53.6 Å². The maximum atomic E-state index is 12.6. The molecule has 1 aliphatic rings. The van der Waals surface area contributed by atoms with Crippen LogP contribution in [0.4, 0.5) is 11.4 Å². The number of hydrogen-bond acceptors (Lipinski definition) is 3. The third kappa shape index (κ3) is 5.47. The first kappa shape index (κ1) is 19.7. The van der Waals surface area contributed by atoms with Crippen molar-refractivity contribution in [2.75, 3.05) is 10.0 Å². The minimum atomic E-state index is -3.81. The molecule has 0 aliphatic heterocycles. The van der Waals surface area contributed by atoms with Gasteiger partial charge in [-0.25, -0.2) is 8.42 Å². The van der Waals surface area contributed by atoms with E-state index >= 15 is 0 Å². The Morgan fingerprint density at radius 1 is 1.04 bits per heavy atom. The molecule has 7 heteroatoms. The predicted octanol–water partition coefficient (Wildman–Crippen LogP) is 5.05. The van der Waals surface area contributed by atoms with E-state index < -0.39 is 10.0 Å². The summed E-state index contributed by atoms with van der Waals surface area (Å²) in [5, 5.41) is 3.14. The summed E-state index contributed by atoms with van der Waals surface area (Å²) in [5.74, 6) is 0.350. The molecular weight excluding hydrogens is 384 g/mol. The van der Waals surface area contributed by atoms with Crippen LogP contribution in [0, 0.1) is 5.92 Å². The molecular formula is C20H23ClN2O3S. The molecule has 0 unspecified atom stereocenters. The van der Waals surface area contributed by atoms with E-state index in [1.54, 1.807) is 36.4 Å². The summed E-state index contributed by atoms with van der Waals surface area (Å²) < 4.78 is 27.7. The fraction of sp³-hybridized carbons (Fsp3) is 0.350. The van der Waals surface area contributed by atoms with E-state index in [1.807, 2.05) is 0 Å². The zero-order valence-electron chi connectivity index (χ0n) is 14.9. The third-order valence-corrected chi connectivity index (χ3v) is 6.44. The number of hydrogen-bond donors (Lipinski definition) is 2. The number of carbonyl (C=O) groups is 1. The molecule has 1 amide bonds. The Bertz CT molecular complexity index is 909. The van der Waals surface area contributed by atoms with Gasteiger partial charge >= 0.3 is 0 Å². The molecule has 2 N–H and O–H groups in total. The summed E-state index contributed by atoms with van der Waals surface area (Å²) >= 11 is 6.03. The molecule has 144 valence electrons. The van der Waals surface area contributed by atoms with Crippen LogP contribution in [0.5, 0.6) is 0 Å². The highest BCUT2D eigenvalue weighted by atomic mass is 35.5. The first-order chi connectivity index (χ1) is 12.9. The molecule has 3 rings (SSSR count). The highest BCUT2D eigenvalue weighted by Gasteiger charge is 2.19. The van der Waals surface area contributed by atoms with E-state index in [0.29, 0.717) is 28.7 Å². The van der Waals surface area contributed by atoms with Gasteiger partial charge in [0.15, 0.2) is 0 Å². The maximum Gasteiger partial charge on any atom is 0.262 e. The monoisotopic (exact) mass is 406 g/mol. The summed E-state index contributed by atoms with van der Waals surface area (Å²) in [6, 6.07) is 12.9. The third-order valence-electron chi connectivity index (χ3n) is 4.75. The Morgan fingerprint density at radius 3 is 2.52 bits per heavy atom. The van der Waals surface area contributed by atoms with Crippen molar-refractivity contribution in [1.29, 1.82) is 0 Å². The zero-order valence-corrected chi connectivity index (χ0v) is 16.5. The number of sulfonamides is 1. The number of nitrogens with one attached hydrogen (secondary N) is 2. The van der Waals surface area contributed by atoms with Gasteiger partial charge in [-0.15, -0.1) is 0 Å². The van der Waals surface area contributed by atoms with Crippen LogP contribution in [-0.4, -0.2) is 14.3 Å². The van der Waals surface area contributed by atoms with Crippen LogP contribution in [0.2, 0.25) is 5.02 Å². The Labute approximate surface area is 165 Å². The lowest BCUT2D eigenvalue weighted by molar-refractivity contribution is -0.117. The molecule has 1 saturated carbocycles. The highest BCUT2D eigenvalue weighted by Crippen LogP contribution is 2.27. The topological polar surface area (TPSA) is 75.3 Å². The Hall–Kier alpha value is -2.05. The second-order valence-electron chi connectivity index (χ2n) is 6.87. The van der Waals surface area contributed by atoms with Crippen LogP contribution < -0.4 is 10.0 Å². The van der Waals surface area contributed by atoms with E-state index in [2.05, 4.69) is 10.0 Å². The van der Waals surface area contributed by atoms with Crippen molar-refractivity contribution >= 4 is 38.9 Å². The van der Waals surface area contributed by atoms with Crippen molar-refractivity contribution in [2.45, 2.75) is 43.4 Å². The molecule has 2 aromatic rings. The van der Waals surface area contributed by atoms with Crippen LogP contribution in [-0.2, 0) is 14.8 Å². The van der Waals surface area contributed by atoms with E-state index in [-0.39, 0.29) is 10.8 Å². The van der Waals surface area contributed by atoms with Crippen molar-refractivity contribution in [3.63, 3.8) is 0 Å². The van der Waals surface area contributed by atoms with Crippen molar-refractivity contribution in [3.8, 4) is 0 Å². The molecule has 5 nitrogen and oxygen atoms in total. The van der Waals surface area contributed by atoms with Gasteiger partial charge in [0.25, 0.3) is 10.0 Å². The van der Waals surface area contributed by atoms with Gasteiger partial charge in [-0.2, -0.15) is 0 Å². The van der Waals surface area contributed by atoms with E-state index in [9.17, 15) is 13.2 Å². The van der Waals surface area contributed by atoms with Gasteiger partial charge in [0, 0.05) is 12.1 Å². The number of rotatable bonds is 6. The minimum absolute atomic E-state index is 0.0675. The van der Waals surface area contributed by atoms with Crippen LogP contribution in [0.15, 0.2) is 53.4 Å². The SMILES string of the molecule is O=C(CC1CCCCC1)Nc1cccc(S(=O)(=O)Nc2ccccc2Cl)c1. The van der Waals surface area contributed by atoms with E-state index in [1.165, 1.54) is 31.4 Å². The zero-order chi connectivity index (χ0) is 19.3. The lowest BCUT2D eigenvalue weighted by Gasteiger charge is -2.20. The average molecular weight is 407 g/mol. The average Bonchev–Trinajstić information content (AvgIpc) is 2.64. The lowest BCUT2D eigenvalue weighted by atomic mass is 9.87. The minimum Gasteiger partial charge on any atom is -0.326 e. The van der Waals surface area contributed by atoms with Crippen LogP contribution in [0.25, 0.3) is 0 Å². The molecule has 0 atom stereocenters. The summed E-state index contributed by atoms with van der Waals surface area (Å²) in [7, 11) is -3.81. The second kappa shape index (κ2) is 8.76. The first-order valence-electron chi connectivity index (χ1n) is 9.11. The van der Waals surface area contributed by atoms with E-state index in [0.717, 1.165) is 12.8 Å². The fourth-order valence-corrected chi connectivity index (χ4v) is 4.72. The van der Waals surface area contributed by atoms with Crippen LogP contribution in [0.1, 0.15) is 38.5 Å². The quantitative estimate of drug-likeness (QED) is 0.704. The molecule has 0 saturated heterocycles. The fourth-order valence-electron chi connectivity index (χ4n) is 3.35. The van der Waals surface area contributed by atoms with Gasteiger partial charge in [-0.05, 0) is 49.1 Å². The number of amides is 1. The Balaban J connectivity index is 1.69. The number of halogens is 1. The van der Waals surface area contributed by atoms with E-state index in [4.69, 9.17) is 11.6 Å². The normalized spacial score (nSPS) is 15.3. The molecule has 0 bridgehead atoms. The number of carbonyl (C=O) groups excluding carboxylic acids is 1. The molecule has 0 heterocycles. The Morgan fingerprint density at radius 2 is 1.78 bits per heavy atom. The van der Waals surface area contributed by atoms with Gasteiger partial charge in [0.2, 0.25) is 5.91 Å². The molecule has 2 aromatic carbocycles. The van der Waals surface area contributed by atoms with Crippen molar-refractivity contribution < 1.29 is 13.2 Å². The summed E-state index contributed by atoms with van der Waals surface area (Å²) in [6.45, 7) is 0. The predicted molar refractivity (Wildman–Crippen MR) is 109 cm³/mol.